The topological polar surface area (TPSA) is 75.0 Å². The Labute approximate surface area is 101 Å². The summed E-state index contributed by atoms with van der Waals surface area (Å²) in [6, 6.07) is 1.97. The van der Waals surface area contributed by atoms with E-state index in [1.165, 1.54) is 0 Å². The number of aromatic nitrogens is 2. The van der Waals surface area contributed by atoms with Crippen LogP contribution in [0.25, 0.3) is 0 Å². The fourth-order valence-electron chi connectivity index (χ4n) is 2.15. The lowest BCUT2D eigenvalue weighted by Gasteiger charge is -2.13. The third-order valence-corrected chi connectivity index (χ3v) is 2.99. The molecular weight excluding hydrogens is 216 g/mol. The third-order valence-electron chi connectivity index (χ3n) is 2.99. The average molecular weight is 236 g/mol. The van der Waals surface area contributed by atoms with Gasteiger partial charge in [0.1, 0.15) is 5.69 Å². The number of hydrogen-bond acceptors (Lipinski definition) is 3. The number of rotatable bonds is 3. The molecule has 0 saturated carbocycles. The van der Waals surface area contributed by atoms with Crippen molar-refractivity contribution < 1.29 is 4.79 Å². The molecule has 17 heavy (non-hydrogen) atoms. The van der Waals surface area contributed by atoms with Crippen LogP contribution in [0.4, 0.5) is 0 Å². The van der Waals surface area contributed by atoms with Gasteiger partial charge in [0.25, 0.3) is 5.91 Å². The Balaban J connectivity index is 2.02. The molecule has 5 nitrogen and oxygen atoms in total. The zero-order chi connectivity index (χ0) is 12.4. The predicted molar refractivity (Wildman–Crippen MR) is 65.6 cm³/mol. The van der Waals surface area contributed by atoms with E-state index in [4.69, 9.17) is 5.73 Å². The Morgan fingerprint density at radius 3 is 3.06 bits per heavy atom. The first-order valence-electron chi connectivity index (χ1n) is 6.15. The van der Waals surface area contributed by atoms with Crippen molar-refractivity contribution in [1.29, 1.82) is 0 Å². The van der Waals surface area contributed by atoms with Gasteiger partial charge in [0, 0.05) is 24.8 Å². The third kappa shape index (κ3) is 2.85. The monoisotopic (exact) mass is 236 g/mol. The van der Waals surface area contributed by atoms with Crippen LogP contribution >= 0.6 is 0 Å². The molecule has 94 valence electrons. The van der Waals surface area contributed by atoms with Gasteiger partial charge < -0.3 is 10.6 Å². The summed E-state index contributed by atoms with van der Waals surface area (Å²) >= 11 is 0. The summed E-state index contributed by atoms with van der Waals surface area (Å²) in [5.41, 5.74) is 7.32. The molecule has 3 N–H and O–H groups in total. The molecule has 1 atom stereocenters. The van der Waals surface area contributed by atoms with Gasteiger partial charge in [-0.25, -0.2) is 0 Å². The van der Waals surface area contributed by atoms with Gasteiger partial charge in [0.05, 0.1) is 0 Å². The molecule has 0 bridgehead atoms. The van der Waals surface area contributed by atoms with Gasteiger partial charge in [0.2, 0.25) is 0 Å². The number of nitrogens with one attached hydrogen (secondary N) is 1. The molecule has 2 heterocycles. The van der Waals surface area contributed by atoms with E-state index in [1.807, 2.05) is 6.07 Å². The molecule has 2 rings (SSSR count). The maximum absolute atomic E-state index is 12.1. The summed E-state index contributed by atoms with van der Waals surface area (Å²) < 4.78 is 0. The molecular formula is C12H20N4O. The first-order chi connectivity index (χ1) is 8.06. The lowest BCUT2D eigenvalue weighted by atomic mass is 10.1. The van der Waals surface area contributed by atoms with Crippen molar-refractivity contribution in [2.24, 2.45) is 11.7 Å². The molecule has 1 saturated heterocycles. The van der Waals surface area contributed by atoms with E-state index in [-0.39, 0.29) is 11.9 Å². The Morgan fingerprint density at radius 2 is 2.47 bits per heavy atom. The maximum Gasteiger partial charge on any atom is 0.274 e. The second-order valence-electron chi connectivity index (χ2n) is 5.18. The summed E-state index contributed by atoms with van der Waals surface area (Å²) in [7, 11) is 0. The highest BCUT2D eigenvalue weighted by molar-refractivity contribution is 5.92. The molecule has 1 aromatic heterocycles. The molecule has 0 aromatic carbocycles. The lowest BCUT2D eigenvalue weighted by Crippen LogP contribution is -2.32. The molecule has 0 spiro atoms. The van der Waals surface area contributed by atoms with Crippen LogP contribution < -0.4 is 5.73 Å². The maximum atomic E-state index is 12.1. The summed E-state index contributed by atoms with van der Waals surface area (Å²) in [6.45, 7) is 5.67. The second-order valence-corrected chi connectivity index (χ2v) is 5.18. The van der Waals surface area contributed by atoms with Crippen LogP contribution in [0.1, 0.15) is 36.5 Å². The Kier molecular flexibility index (Phi) is 3.47. The molecule has 0 aliphatic carbocycles. The number of likely N-dealkylation sites (tertiary alicyclic amines) is 1. The molecule has 1 fully saturated rings. The molecule has 1 unspecified atom stereocenters. The van der Waals surface area contributed by atoms with Gasteiger partial charge in [0.15, 0.2) is 0 Å². The van der Waals surface area contributed by atoms with Crippen molar-refractivity contribution in [3.8, 4) is 0 Å². The summed E-state index contributed by atoms with van der Waals surface area (Å²) in [4.78, 5) is 13.9. The lowest BCUT2D eigenvalue weighted by molar-refractivity contribution is 0.0785. The Morgan fingerprint density at radius 1 is 1.71 bits per heavy atom. The Hall–Kier alpha value is -1.36. The van der Waals surface area contributed by atoms with Gasteiger partial charge in [-0.3, -0.25) is 9.89 Å². The van der Waals surface area contributed by atoms with Crippen LogP contribution in [0.5, 0.6) is 0 Å². The van der Waals surface area contributed by atoms with Gasteiger partial charge in [-0.15, -0.1) is 0 Å². The quantitative estimate of drug-likeness (QED) is 0.814. The molecule has 5 heteroatoms. The predicted octanol–water partition coefficient (Wildman–Crippen LogP) is 0.781. The fourth-order valence-corrected chi connectivity index (χ4v) is 2.15. The number of hydrogen-bond donors (Lipinski definition) is 2. The van der Waals surface area contributed by atoms with Crippen molar-refractivity contribution in [3.63, 3.8) is 0 Å². The first kappa shape index (κ1) is 12.1. The number of nitrogens with zero attached hydrogens (tertiary/aromatic N) is 2. The van der Waals surface area contributed by atoms with Gasteiger partial charge in [-0.05, 0) is 24.8 Å². The normalized spacial score (nSPS) is 20.2. The van der Waals surface area contributed by atoms with Crippen LogP contribution in [0.3, 0.4) is 0 Å². The minimum absolute atomic E-state index is 0.00999. The van der Waals surface area contributed by atoms with Crippen molar-refractivity contribution in [3.05, 3.63) is 17.5 Å². The van der Waals surface area contributed by atoms with Gasteiger partial charge in [-0.2, -0.15) is 5.10 Å². The number of H-pyrrole nitrogens is 1. The van der Waals surface area contributed by atoms with E-state index in [0.717, 1.165) is 25.1 Å². The van der Waals surface area contributed by atoms with Crippen LogP contribution in [0, 0.1) is 5.92 Å². The molecule has 1 amide bonds. The van der Waals surface area contributed by atoms with Crippen LogP contribution in [0.15, 0.2) is 6.07 Å². The number of amides is 1. The fraction of sp³-hybridized carbons (Fsp3) is 0.667. The van der Waals surface area contributed by atoms with Crippen molar-refractivity contribution >= 4 is 5.91 Å². The standard InChI is InChI=1S/C12H20N4O/c1-8(2)5-10-6-11(15-14-10)12(17)16-4-3-9(13)7-16/h6,8-9H,3-5,7,13H2,1-2H3,(H,14,15). The highest BCUT2D eigenvalue weighted by Gasteiger charge is 2.25. The molecule has 1 aliphatic heterocycles. The second kappa shape index (κ2) is 4.87. The first-order valence-corrected chi connectivity index (χ1v) is 6.15. The number of aromatic amines is 1. The van der Waals surface area contributed by atoms with Gasteiger partial charge >= 0.3 is 0 Å². The van der Waals surface area contributed by atoms with Crippen molar-refractivity contribution in [2.75, 3.05) is 13.1 Å². The van der Waals surface area contributed by atoms with Crippen molar-refractivity contribution in [2.45, 2.75) is 32.7 Å². The smallest absolute Gasteiger partial charge is 0.274 e. The van der Waals surface area contributed by atoms with E-state index in [9.17, 15) is 4.79 Å². The molecule has 1 aromatic rings. The van der Waals surface area contributed by atoms with Crippen molar-refractivity contribution in [1.82, 2.24) is 15.1 Å². The molecule has 1 aliphatic rings. The minimum Gasteiger partial charge on any atom is -0.336 e. The summed E-state index contributed by atoms with van der Waals surface area (Å²) in [5.74, 6) is 0.544. The Bertz CT molecular complexity index is 399. The van der Waals surface area contributed by atoms with Gasteiger partial charge in [-0.1, -0.05) is 13.8 Å². The summed E-state index contributed by atoms with van der Waals surface area (Å²) in [5, 5.41) is 7.01. The highest BCUT2D eigenvalue weighted by Crippen LogP contribution is 2.13. The number of carbonyl (C=O) groups excluding carboxylic acids is 1. The minimum atomic E-state index is -0.00999. The van der Waals surface area contributed by atoms with E-state index in [2.05, 4.69) is 24.0 Å². The average Bonchev–Trinajstić information content (AvgIpc) is 2.85. The van der Waals surface area contributed by atoms with Crippen LogP contribution in [-0.2, 0) is 6.42 Å². The van der Waals surface area contributed by atoms with E-state index in [1.54, 1.807) is 4.90 Å². The zero-order valence-electron chi connectivity index (χ0n) is 10.4. The van der Waals surface area contributed by atoms with E-state index < -0.39 is 0 Å². The number of carbonyl (C=O) groups is 1. The van der Waals surface area contributed by atoms with E-state index in [0.29, 0.717) is 18.2 Å². The summed E-state index contributed by atoms with van der Waals surface area (Å²) in [6.07, 6.45) is 1.80. The van der Waals surface area contributed by atoms with E-state index >= 15 is 0 Å². The number of nitrogens with two attached hydrogens (primary N) is 1. The van der Waals surface area contributed by atoms with Crippen LogP contribution in [0.2, 0.25) is 0 Å². The largest absolute Gasteiger partial charge is 0.336 e. The molecule has 0 radical (unpaired) electrons. The van der Waals surface area contributed by atoms with Crippen LogP contribution in [-0.4, -0.2) is 40.1 Å². The zero-order valence-corrected chi connectivity index (χ0v) is 10.4. The highest BCUT2D eigenvalue weighted by atomic mass is 16.2. The SMILES string of the molecule is CC(C)Cc1cc(C(=O)N2CCC(N)C2)n[nH]1.